The molecule has 28 heavy (non-hydrogen) atoms. The molecule has 1 heterocycles. The fourth-order valence-electron chi connectivity index (χ4n) is 2.92. The van der Waals surface area contributed by atoms with Gasteiger partial charge in [0, 0.05) is 7.76 Å². The number of hydrogen-bond donors (Lipinski definition) is 4. The Morgan fingerprint density at radius 1 is 1.14 bits per heavy atom. The normalized spacial score (nSPS) is 30.6. The van der Waals surface area contributed by atoms with Crippen LogP contribution in [0.15, 0.2) is 42.4 Å². The summed E-state index contributed by atoms with van der Waals surface area (Å²) in [5, 5.41) is 39.7. The van der Waals surface area contributed by atoms with E-state index >= 15 is 0 Å². The van der Waals surface area contributed by atoms with E-state index in [0.717, 1.165) is 0 Å². The molecule has 0 aromatic heterocycles. The van der Waals surface area contributed by atoms with Gasteiger partial charge in [0.1, 0.15) is 36.3 Å². The first-order valence-electron chi connectivity index (χ1n) is 11.3. The maximum atomic E-state index is 10.5. The maximum absolute atomic E-state index is 10.5. The Bertz CT molecular complexity index is 1000. The number of aliphatic hydroxyl groups is 4. The quantitative estimate of drug-likeness (QED) is 0.576. The van der Waals surface area contributed by atoms with Crippen LogP contribution >= 0.6 is 11.6 Å². The molecule has 2 aromatic rings. The van der Waals surface area contributed by atoms with Crippen molar-refractivity contribution in [1.82, 2.24) is 0 Å². The lowest BCUT2D eigenvalue weighted by atomic mass is 9.90. The lowest BCUT2D eigenvalue weighted by Crippen LogP contribution is -2.55. The van der Waals surface area contributed by atoms with Gasteiger partial charge < -0.3 is 29.9 Å². The van der Waals surface area contributed by atoms with Gasteiger partial charge >= 0.3 is 0 Å². The second kappa shape index (κ2) is 9.22. The molecule has 6 nitrogen and oxygen atoms in total. The van der Waals surface area contributed by atoms with Gasteiger partial charge in [-0.15, -0.1) is 0 Å². The number of ether oxygens (including phenoxy) is 2. The van der Waals surface area contributed by atoms with E-state index < -0.39 is 72.2 Å². The van der Waals surface area contributed by atoms with E-state index in [9.17, 15) is 20.4 Å². The summed E-state index contributed by atoms with van der Waals surface area (Å²) in [7, 11) is 0. The van der Waals surface area contributed by atoms with Crippen molar-refractivity contribution < 1.29 is 36.8 Å². The molecule has 0 saturated carbocycles. The third-order valence-corrected chi connectivity index (χ3v) is 4.68. The predicted molar refractivity (Wildman–Crippen MR) is 105 cm³/mol. The largest absolute Gasteiger partial charge is 0.494 e. The zero-order valence-corrected chi connectivity index (χ0v) is 15.8. The predicted octanol–water partition coefficient (Wildman–Crippen LogP) is 1.84. The molecule has 0 amide bonds. The number of benzene rings is 2. The first-order valence-corrected chi connectivity index (χ1v) is 9.18. The molecule has 1 saturated heterocycles. The smallest absolute Gasteiger partial charge is 0.119 e. The first-order chi connectivity index (χ1) is 15.5. The van der Waals surface area contributed by atoms with Crippen LogP contribution in [-0.2, 0) is 11.1 Å². The van der Waals surface area contributed by atoms with Crippen molar-refractivity contribution in [2.45, 2.75) is 43.8 Å². The van der Waals surface area contributed by atoms with Crippen molar-refractivity contribution in [2.75, 3.05) is 13.2 Å². The highest BCUT2D eigenvalue weighted by Crippen LogP contribution is 2.34. The summed E-state index contributed by atoms with van der Waals surface area (Å²) < 4.78 is 53.4. The van der Waals surface area contributed by atoms with Crippen LogP contribution in [0.25, 0.3) is 0 Å². The van der Waals surface area contributed by atoms with Gasteiger partial charge in [-0.05, 0) is 48.2 Å². The van der Waals surface area contributed by atoms with Crippen LogP contribution in [0.3, 0.4) is 0 Å². The van der Waals surface area contributed by atoms with Gasteiger partial charge in [-0.25, -0.2) is 0 Å². The lowest BCUT2D eigenvalue weighted by molar-refractivity contribution is -0.231. The van der Waals surface area contributed by atoms with Gasteiger partial charge in [0.2, 0.25) is 0 Å². The van der Waals surface area contributed by atoms with E-state index in [0.29, 0.717) is 12.4 Å². The van der Waals surface area contributed by atoms with E-state index in [2.05, 4.69) is 0 Å². The topological polar surface area (TPSA) is 99.4 Å². The zero-order valence-electron chi connectivity index (χ0n) is 20.1. The Hall–Kier alpha value is -1.67. The van der Waals surface area contributed by atoms with E-state index in [1.807, 2.05) is 0 Å². The van der Waals surface area contributed by atoms with Crippen LogP contribution in [0, 0.1) is 0 Å². The molecule has 1 aliphatic rings. The molecule has 1 aliphatic heterocycles. The number of halogens is 1. The molecule has 0 bridgehead atoms. The monoisotopic (exact) mass is 413 g/mol. The SMILES string of the molecule is [2H]c1c([2H])c([C@@H]2O[C@H](CO)[C@@H](O)[C@H](O)[C@H]2O)c([2H])c(C([2H])([2H])c2ccc(OCC)cc2)c1Cl. The van der Waals surface area contributed by atoms with Crippen molar-refractivity contribution in [3.63, 3.8) is 0 Å². The molecular formula is C21H25ClO6. The van der Waals surface area contributed by atoms with Crippen molar-refractivity contribution in [2.24, 2.45) is 0 Å². The van der Waals surface area contributed by atoms with Gasteiger partial charge in [0.25, 0.3) is 0 Å². The Morgan fingerprint density at radius 2 is 1.86 bits per heavy atom. The fourth-order valence-corrected chi connectivity index (χ4v) is 3.06. The zero-order chi connectivity index (χ0) is 24.7. The molecule has 152 valence electrons. The van der Waals surface area contributed by atoms with E-state index in [1.54, 1.807) is 19.1 Å². The van der Waals surface area contributed by atoms with Crippen LogP contribution in [0.4, 0.5) is 0 Å². The summed E-state index contributed by atoms with van der Waals surface area (Å²) in [5.74, 6) is 0.513. The molecule has 3 rings (SSSR count). The first kappa shape index (κ1) is 15.2. The third kappa shape index (κ3) is 4.49. The van der Waals surface area contributed by atoms with E-state index in [-0.39, 0.29) is 11.1 Å². The third-order valence-electron chi connectivity index (χ3n) is 4.40. The summed E-state index contributed by atoms with van der Waals surface area (Å²) in [6, 6.07) is 4.22. The summed E-state index contributed by atoms with van der Waals surface area (Å²) >= 11 is 6.25. The van der Waals surface area contributed by atoms with Crippen LogP contribution in [0.5, 0.6) is 5.75 Å². The second-order valence-corrected chi connectivity index (χ2v) is 6.69. The molecule has 0 spiro atoms. The number of aliphatic hydroxyl groups excluding tert-OH is 4. The molecule has 5 atom stereocenters. The highest BCUT2D eigenvalue weighted by Gasteiger charge is 2.43. The minimum absolute atomic E-state index is 0.109. The van der Waals surface area contributed by atoms with Crippen LogP contribution in [0.2, 0.25) is 5.02 Å². The Labute approximate surface area is 175 Å². The Morgan fingerprint density at radius 3 is 2.50 bits per heavy atom. The Balaban J connectivity index is 2.17. The fraction of sp³-hybridized carbons (Fsp3) is 0.429. The summed E-state index contributed by atoms with van der Waals surface area (Å²) in [4.78, 5) is 0. The summed E-state index contributed by atoms with van der Waals surface area (Å²) in [6.45, 7) is 1.51. The summed E-state index contributed by atoms with van der Waals surface area (Å²) in [5.41, 5.74) is -0.689. The van der Waals surface area contributed by atoms with Gasteiger partial charge in [0.15, 0.2) is 0 Å². The van der Waals surface area contributed by atoms with Crippen LogP contribution < -0.4 is 4.74 Å². The molecule has 1 fully saturated rings. The van der Waals surface area contributed by atoms with Crippen molar-refractivity contribution in [3.05, 3.63) is 64.1 Å². The van der Waals surface area contributed by atoms with Gasteiger partial charge in [-0.2, -0.15) is 0 Å². The average Bonchev–Trinajstić information content (AvgIpc) is 2.78. The molecule has 0 aliphatic carbocycles. The number of rotatable bonds is 6. The minimum Gasteiger partial charge on any atom is -0.494 e. The molecule has 0 unspecified atom stereocenters. The average molecular weight is 414 g/mol. The molecular weight excluding hydrogens is 384 g/mol. The standard InChI is InChI=1S/C21H25ClO6/c1-2-27-15-6-3-12(4-7-15)9-14-10-13(5-8-16(14)22)21-20(26)19(25)18(24)17(11-23)28-21/h3-8,10,17-21,23-26H,2,9,11H2,1H3/t17-,18-,19+,20-,21+/m1/s1/i5D,8D,9D2,10D. The molecule has 0 radical (unpaired) electrons. The summed E-state index contributed by atoms with van der Waals surface area (Å²) in [6.07, 6.45) is -10.5. The lowest BCUT2D eigenvalue weighted by Gasteiger charge is -2.40. The van der Waals surface area contributed by atoms with Crippen molar-refractivity contribution in [1.29, 1.82) is 0 Å². The van der Waals surface area contributed by atoms with Crippen LogP contribution in [0.1, 0.15) is 36.6 Å². The second-order valence-electron chi connectivity index (χ2n) is 6.31. The minimum atomic E-state index is -2.38. The Kier molecular flexibility index (Phi) is 5.01. The van der Waals surface area contributed by atoms with Crippen LogP contribution in [-0.4, -0.2) is 58.1 Å². The molecule has 7 heteroatoms. The van der Waals surface area contributed by atoms with Gasteiger partial charge in [0.05, 0.1) is 17.3 Å². The highest BCUT2D eigenvalue weighted by atomic mass is 35.5. The number of hydrogen-bond acceptors (Lipinski definition) is 6. The van der Waals surface area contributed by atoms with Crippen molar-refractivity contribution >= 4 is 11.6 Å². The van der Waals surface area contributed by atoms with Gasteiger partial charge in [-0.1, -0.05) is 35.8 Å². The van der Waals surface area contributed by atoms with Crippen molar-refractivity contribution in [3.8, 4) is 5.75 Å². The highest BCUT2D eigenvalue weighted by molar-refractivity contribution is 6.31. The van der Waals surface area contributed by atoms with E-state index in [1.165, 1.54) is 12.1 Å². The van der Waals surface area contributed by atoms with Gasteiger partial charge in [-0.3, -0.25) is 0 Å². The van der Waals surface area contributed by atoms with E-state index in [4.69, 9.17) is 27.9 Å². The molecule has 2 aromatic carbocycles. The maximum Gasteiger partial charge on any atom is 0.119 e. The molecule has 4 N–H and O–H groups in total.